The number of aliphatic hydroxyl groups is 1. The summed E-state index contributed by atoms with van der Waals surface area (Å²) in [6.07, 6.45) is 3.30. The molecule has 1 saturated heterocycles. The smallest absolute Gasteiger partial charge is 0.156 e. The summed E-state index contributed by atoms with van der Waals surface area (Å²) in [6, 6.07) is 11.7. The summed E-state index contributed by atoms with van der Waals surface area (Å²) in [5, 5.41) is 14.5. The van der Waals surface area contributed by atoms with E-state index in [1.54, 1.807) is 12.5 Å². The average molecular weight is 464 g/mol. The number of para-hydroxylation sites is 1. The van der Waals surface area contributed by atoms with Crippen LogP contribution < -0.4 is 10.2 Å². The average Bonchev–Trinajstić information content (AvgIpc) is 2.84. The largest absolute Gasteiger partial charge is 0.395 e. The predicted molar refractivity (Wildman–Crippen MR) is 132 cm³/mol. The number of aliphatic hydroxyl groups excluding tert-OH is 1. The molecule has 5 rings (SSSR count). The Labute approximate surface area is 197 Å². The molecular weight excluding hydrogens is 438 g/mol. The maximum atomic E-state index is 9.28. The molecule has 2 N–H and O–H groups in total. The number of fused-ring (bicyclic) bond motifs is 2. The van der Waals surface area contributed by atoms with Crippen LogP contribution in [0.5, 0.6) is 0 Å². The quantitative estimate of drug-likeness (QED) is 0.449. The molecule has 1 fully saturated rings. The molecule has 0 bridgehead atoms. The van der Waals surface area contributed by atoms with Gasteiger partial charge in [0.1, 0.15) is 17.7 Å². The number of halogens is 1. The highest BCUT2D eigenvalue weighted by Crippen LogP contribution is 2.34. The van der Waals surface area contributed by atoms with E-state index in [0.29, 0.717) is 17.4 Å². The summed E-state index contributed by atoms with van der Waals surface area (Å²) in [4.78, 5) is 22.8. The van der Waals surface area contributed by atoms with Crippen molar-refractivity contribution in [1.82, 2.24) is 24.8 Å². The van der Waals surface area contributed by atoms with Gasteiger partial charge in [0.25, 0.3) is 0 Å². The fraction of sp³-hybridized carbons (Fsp3) is 0.333. The molecule has 1 atom stereocenters. The zero-order chi connectivity index (χ0) is 22.8. The fourth-order valence-electron chi connectivity index (χ4n) is 4.35. The Bertz CT molecular complexity index is 1270. The molecular formula is C24H26ClN7O. The monoisotopic (exact) mass is 463 g/mol. The van der Waals surface area contributed by atoms with E-state index in [1.807, 2.05) is 30.3 Å². The van der Waals surface area contributed by atoms with E-state index in [4.69, 9.17) is 16.6 Å². The van der Waals surface area contributed by atoms with Crippen LogP contribution in [0.1, 0.15) is 18.5 Å². The number of nitrogens with zero attached hydrogens (tertiary/aromatic N) is 6. The van der Waals surface area contributed by atoms with Crippen LogP contribution in [0.2, 0.25) is 5.02 Å². The number of β-amino-alcohol motifs (C(OH)–C–C–N with tert-alkyl or cyclic N) is 1. The van der Waals surface area contributed by atoms with Gasteiger partial charge >= 0.3 is 0 Å². The molecule has 8 nitrogen and oxygen atoms in total. The molecule has 4 heterocycles. The van der Waals surface area contributed by atoms with Crippen LogP contribution in [-0.4, -0.2) is 69.3 Å². The van der Waals surface area contributed by atoms with Crippen LogP contribution in [-0.2, 0) is 0 Å². The molecule has 0 aliphatic carbocycles. The Kier molecular flexibility index (Phi) is 6.22. The van der Waals surface area contributed by atoms with Crippen molar-refractivity contribution in [2.45, 2.75) is 13.0 Å². The molecule has 4 aromatic rings. The molecule has 1 aliphatic heterocycles. The number of anilines is 2. The summed E-state index contributed by atoms with van der Waals surface area (Å²) in [6.45, 7) is 6.41. The second-order valence-electron chi connectivity index (χ2n) is 8.22. The lowest BCUT2D eigenvalue weighted by Gasteiger charge is -2.36. The van der Waals surface area contributed by atoms with Gasteiger partial charge in [-0.25, -0.2) is 15.0 Å². The predicted octanol–water partition coefficient (Wildman–Crippen LogP) is 3.51. The maximum Gasteiger partial charge on any atom is 0.156 e. The molecule has 1 unspecified atom stereocenters. The van der Waals surface area contributed by atoms with Crippen molar-refractivity contribution in [1.29, 1.82) is 0 Å². The van der Waals surface area contributed by atoms with Gasteiger partial charge < -0.3 is 15.3 Å². The van der Waals surface area contributed by atoms with Crippen LogP contribution in [0.25, 0.3) is 21.9 Å². The standard InChI is InChI=1S/C24H26ClN7O/c1-16(29-23-22-20(27-15-28-23)6-3-7-26-22)18-14-17-4-2-5-19(25)21(17)30-24(18)32-10-8-31(9-11-32)12-13-33/h2-7,14-16,33H,8-13H2,1H3,(H,27,28,29). The summed E-state index contributed by atoms with van der Waals surface area (Å²) < 4.78 is 0. The number of benzene rings is 1. The highest BCUT2D eigenvalue weighted by atomic mass is 35.5. The molecule has 33 heavy (non-hydrogen) atoms. The molecule has 0 amide bonds. The lowest BCUT2D eigenvalue weighted by atomic mass is 10.0. The van der Waals surface area contributed by atoms with E-state index in [0.717, 1.165) is 59.5 Å². The number of hydrogen-bond donors (Lipinski definition) is 2. The minimum absolute atomic E-state index is 0.0774. The maximum absolute atomic E-state index is 9.28. The number of aromatic nitrogens is 4. The third kappa shape index (κ3) is 4.42. The Morgan fingerprint density at radius 2 is 1.91 bits per heavy atom. The van der Waals surface area contributed by atoms with E-state index in [9.17, 15) is 5.11 Å². The van der Waals surface area contributed by atoms with Crippen molar-refractivity contribution >= 4 is 45.2 Å². The topological polar surface area (TPSA) is 90.3 Å². The van der Waals surface area contributed by atoms with E-state index < -0.39 is 0 Å². The summed E-state index contributed by atoms with van der Waals surface area (Å²) in [5.41, 5.74) is 3.41. The Hall–Kier alpha value is -3.07. The van der Waals surface area contributed by atoms with Crippen molar-refractivity contribution in [3.63, 3.8) is 0 Å². The SMILES string of the molecule is CC(Nc1ncnc2cccnc12)c1cc2cccc(Cl)c2nc1N1CCN(CCO)CC1. The molecule has 170 valence electrons. The van der Waals surface area contributed by atoms with Crippen molar-refractivity contribution in [2.75, 3.05) is 49.5 Å². The number of hydrogen-bond acceptors (Lipinski definition) is 8. The first kappa shape index (κ1) is 21.8. The number of rotatable bonds is 6. The summed E-state index contributed by atoms with van der Waals surface area (Å²) in [5.74, 6) is 1.61. The number of piperazine rings is 1. The first-order valence-electron chi connectivity index (χ1n) is 11.1. The van der Waals surface area contributed by atoms with Gasteiger partial charge in [0.15, 0.2) is 5.82 Å². The van der Waals surface area contributed by atoms with E-state index >= 15 is 0 Å². The third-order valence-corrected chi connectivity index (χ3v) is 6.41. The van der Waals surface area contributed by atoms with Gasteiger partial charge in [-0.05, 0) is 31.2 Å². The van der Waals surface area contributed by atoms with E-state index in [1.165, 1.54) is 0 Å². The third-order valence-electron chi connectivity index (χ3n) is 6.11. The lowest BCUT2D eigenvalue weighted by molar-refractivity contribution is 0.188. The molecule has 1 aromatic carbocycles. The lowest BCUT2D eigenvalue weighted by Crippen LogP contribution is -2.47. The first-order chi connectivity index (χ1) is 16.1. The van der Waals surface area contributed by atoms with Gasteiger partial charge in [-0.3, -0.25) is 9.88 Å². The highest BCUT2D eigenvalue weighted by Gasteiger charge is 2.24. The van der Waals surface area contributed by atoms with Gasteiger partial charge in [0, 0.05) is 49.9 Å². The van der Waals surface area contributed by atoms with Gasteiger partial charge in [0.05, 0.1) is 28.7 Å². The molecule has 3 aromatic heterocycles. The van der Waals surface area contributed by atoms with Gasteiger partial charge in [-0.15, -0.1) is 0 Å². The number of nitrogens with one attached hydrogen (secondary N) is 1. The second-order valence-corrected chi connectivity index (χ2v) is 8.63. The van der Waals surface area contributed by atoms with Crippen LogP contribution in [0, 0.1) is 0 Å². The van der Waals surface area contributed by atoms with Gasteiger partial charge in [-0.2, -0.15) is 0 Å². The van der Waals surface area contributed by atoms with E-state index in [-0.39, 0.29) is 12.6 Å². The minimum Gasteiger partial charge on any atom is -0.395 e. The van der Waals surface area contributed by atoms with Gasteiger partial charge in [0.2, 0.25) is 0 Å². The zero-order valence-corrected chi connectivity index (χ0v) is 19.2. The Balaban J connectivity index is 1.52. The first-order valence-corrected chi connectivity index (χ1v) is 11.5. The van der Waals surface area contributed by atoms with Crippen molar-refractivity contribution in [3.05, 3.63) is 59.5 Å². The van der Waals surface area contributed by atoms with Crippen molar-refractivity contribution < 1.29 is 5.11 Å². The molecule has 9 heteroatoms. The molecule has 0 saturated carbocycles. The summed E-state index contributed by atoms with van der Waals surface area (Å²) in [7, 11) is 0. The van der Waals surface area contributed by atoms with Crippen LogP contribution in [0.3, 0.4) is 0 Å². The molecule has 1 aliphatic rings. The van der Waals surface area contributed by atoms with Crippen molar-refractivity contribution in [2.24, 2.45) is 0 Å². The van der Waals surface area contributed by atoms with Crippen LogP contribution in [0.15, 0.2) is 48.9 Å². The normalized spacial score (nSPS) is 15.8. The van der Waals surface area contributed by atoms with Crippen molar-refractivity contribution in [3.8, 4) is 0 Å². The Morgan fingerprint density at radius 3 is 2.73 bits per heavy atom. The highest BCUT2D eigenvalue weighted by molar-refractivity contribution is 6.35. The Morgan fingerprint density at radius 1 is 1.06 bits per heavy atom. The second kappa shape index (κ2) is 9.43. The molecule has 0 spiro atoms. The number of pyridine rings is 2. The summed E-state index contributed by atoms with van der Waals surface area (Å²) >= 11 is 6.50. The van der Waals surface area contributed by atoms with E-state index in [2.05, 4.69) is 43.1 Å². The minimum atomic E-state index is -0.0774. The van der Waals surface area contributed by atoms with Crippen LogP contribution in [0.4, 0.5) is 11.6 Å². The molecule has 0 radical (unpaired) electrons. The fourth-order valence-corrected chi connectivity index (χ4v) is 4.57. The van der Waals surface area contributed by atoms with Crippen LogP contribution >= 0.6 is 11.6 Å². The van der Waals surface area contributed by atoms with Gasteiger partial charge in [-0.1, -0.05) is 23.7 Å². The zero-order valence-electron chi connectivity index (χ0n) is 18.4.